The van der Waals surface area contributed by atoms with Gasteiger partial charge >= 0.3 is 6.09 Å². The number of alkyl carbamates (subject to hydrolysis) is 1. The minimum atomic E-state index is -0.483. The first-order valence-corrected chi connectivity index (χ1v) is 8.15. The first-order valence-electron chi connectivity index (χ1n) is 7.27. The standard InChI is InChI=1S/C16H19N3O3S/c1-19-10-11-23-15(19)18-14(20)8-5-9-17-16(21)22-12-13-6-3-2-4-7-13/h2-4,6-7,10-11H,5,8-9,12H2,1H3,(H,17,21). The second-order valence-corrected chi connectivity index (χ2v) is 5.77. The van der Waals surface area contributed by atoms with Crippen molar-refractivity contribution in [3.8, 4) is 0 Å². The molecule has 2 amide bonds. The fourth-order valence-electron chi connectivity index (χ4n) is 1.80. The van der Waals surface area contributed by atoms with Gasteiger partial charge in [0.2, 0.25) is 5.91 Å². The Bertz CT molecular complexity index is 707. The molecular weight excluding hydrogens is 314 g/mol. The summed E-state index contributed by atoms with van der Waals surface area (Å²) in [5, 5.41) is 4.49. The number of thiazole rings is 1. The molecular formula is C16H19N3O3S. The summed E-state index contributed by atoms with van der Waals surface area (Å²) < 4.78 is 6.87. The van der Waals surface area contributed by atoms with E-state index in [9.17, 15) is 9.59 Å². The molecule has 1 N–H and O–H groups in total. The van der Waals surface area contributed by atoms with E-state index in [2.05, 4.69) is 10.3 Å². The fourth-order valence-corrected chi connectivity index (χ4v) is 2.55. The molecule has 0 radical (unpaired) electrons. The van der Waals surface area contributed by atoms with E-state index in [4.69, 9.17) is 4.74 Å². The van der Waals surface area contributed by atoms with Gasteiger partial charge in [0, 0.05) is 31.6 Å². The zero-order chi connectivity index (χ0) is 16.5. The molecule has 0 aliphatic heterocycles. The zero-order valence-electron chi connectivity index (χ0n) is 12.9. The van der Waals surface area contributed by atoms with Crippen LogP contribution < -0.4 is 10.1 Å². The lowest BCUT2D eigenvalue weighted by atomic mass is 10.2. The van der Waals surface area contributed by atoms with E-state index in [1.54, 1.807) is 4.57 Å². The molecule has 2 aromatic rings. The topological polar surface area (TPSA) is 72.7 Å². The summed E-state index contributed by atoms with van der Waals surface area (Å²) in [5.41, 5.74) is 0.931. The summed E-state index contributed by atoms with van der Waals surface area (Å²) in [4.78, 5) is 27.9. The third-order valence-corrected chi connectivity index (χ3v) is 3.88. The molecule has 1 heterocycles. The van der Waals surface area contributed by atoms with Crippen molar-refractivity contribution in [1.29, 1.82) is 0 Å². The highest BCUT2D eigenvalue weighted by molar-refractivity contribution is 7.07. The monoisotopic (exact) mass is 333 g/mol. The van der Waals surface area contributed by atoms with E-state index in [-0.39, 0.29) is 18.9 Å². The summed E-state index contributed by atoms with van der Waals surface area (Å²) >= 11 is 1.41. The molecule has 0 bridgehead atoms. The number of hydrogen-bond donors (Lipinski definition) is 1. The molecule has 0 fully saturated rings. The van der Waals surface area contributed by atoms with Crippen molar-refractivity contribution in [1.82, 2.24) is 9.88 Å². The van der Waals surface area contributed by atoms with Crippen LogP contribution in [0.5, 0.6) is 0 Å². The van der Waals surface area contributed by atoms with E-state index < -0.39 is 6.09 Å². The third-order valence-electron chi connectivity index (χ3n) is 3.03. The van der Waals surface area contributed by atoms with E-state index in [0.29, 0.717) is 17.8 Å². The van der Waals surface area contributed by atoms with Crippen LogP contribution >= 0.6 is 11.3 Å². The Morgan fingerprint density at radius 2 is 2.09 bits per heavy atom. The second kappa shape index (κ2) is 8.89. The molecule has 0 unspecified atom stereocenters. The summed E-state index contributed by atoms with van der Waals surface area (Å²) in [7, 11) is 1.84. The van der Waals surface area contributed by atoms with Gasteiger partial charge in [-0.05, 0) is 12.0 Å². The molecule has 0 aliphatic carbocycles. The Hall–Kier alpha value is -2.41. The smallest absolute Gasteiger partial charge is 0.407 e. The summed E-state index contributed by atoms with van der Waals surface area (Å²) in [6, 6.07) is 9.45. The van der Waals surface area contributed by atoms with Gasteiger partial charge in [-0.2, -0.15) is 4.99 Å². The highest BCUT2D eigenvalue weighted by atomic mass is 32.1. The first-order chi connectivity index (χ1) is 11.1. The molecule has 6 nitrogen and oxygen atoms in total. The number of rotatable bonds is 6. The van der Waals surface area contributed by atoms with E-state index in [1.807, 2.05) is 49.0 Å². The van der Waals surface area contributed by atoms with Crippen LogP contribution in [0.2, 0.25) is 0 Å². The number of aryl methyl sites for hydroxylation is 1. The van der Waals surface area contributed by atoms with Crippen molar-refractivity contribution in [3.05, 3.63) is 52.3 Å². The van der Waals surface area contributed by atoms with Gasteiger partial charge in [-0.15, -0.1) is 11.3 Å². The Morgan fingerprint density at radius 1 is 1.30 bits per heavy atom. The van der Waals surface area contributed by atoms with Gasteiger partial charge in [0.1, 0.15) is 6.61 Å². The van der Waals surface area contributed by atoms with Gasteiger partial charge in [0.15, 0.2) is 4.80 Å². The molecule has 1 aromatic carbocycles. The largest absolute Gasteiger partial charge is 0.445 e. The van der Waals surface area contributed by atoms with Crippen LogP contribution in [0, 0.1) is 0 Å². The zero-order valence-corrected chi connectivity index (χ0v) is 13.7. The molecule has 0 saturated heterocycles. The number of carbonyl (C=O) groups excluding carboxylic acids is 2. The van der Waals surface area contributed by atoms with Crippen molar-refractivity contribution in [2.45, 2.75) is 19.4 Å². The molecule has 2 rings (SSSR count). The molecule has 0 atom stereocenters. The van der Waals surface area contributed by atoms with Crippen molar-refractivity contribution < 1.29 is 14.3 Å². The van der Waals surface area contributed by atoms with Gasteiger partial charge in [-0.25, -0.2) is 4.79 Å². The predicted molar refractivity (Wildman–Crippen MR) is 87.7 cm³/mol. The molecule has 7 heteroatoms. The minimum absolute atomic E-state index is 0.192. The van der Waals surface area contributed by atoms with Crippen LogP contribution in [0.1, 0.15) is 18.4 Å². The summed E-state index contributed by atoms with van der Waals surface area (Å²) in [6.45, 7) is 0.612. The maximum absolute atomic E-state index is 11.7. The van der Waals surface area contributed by atoms with Crippen LogP contribution in [-0.4, -0.2) is 23.1 Å². The number of aromatic nitrogens is 1. The lowest BCUT2D eigenvalue weighted by Crippen LogP contribution is -2.25. The van der Waals surface area contributed by atoms with Crippen molar-refractivity contribution in [2.24, 2.45) is 12.0 Å². The molecule has 1 aromatic heterocycles. The lowest BCUT2D eigenvalue weighted by molar-refractivity contribution is -0.118. The van der Waals surface area contributed by atoms with E-state index in [1.165, 1.54) is 11.3 Å². The quantitative estimate of drug-likeness (QED) is 0.824. The first kappa shape index (κ1) is 17.0. The highest BCUT2D eigenvalue weighted by Crippen LogP contribution is 2.00. The third kappa shape index (κ3) is 6.07. The van der Waals surface area contributed by atoms with Crippen LogP contribution in [0.25, 0.3) is 0 Å². The molecule has 122 valence electrons. The Kier molecular flexibility index (Phi) is 6.56. The Morgan fingerprint density at radius 3 is 2.78 bits per heavy atom. The van der Waals surface area contributed by atoms with E-state index >= 15 is 0 Å². The van der Waals surface area contributed by atoms with Crippen molar-refractivity contribution in [2.75, 3.05) is 6.54 Å². The SMILES string of the molecule is Cn1ccsc1=NC(=O)CCCNC(=O)OCc1ccccc1. The van der Waals surface area contributed by atoms with Crippen LogP contribution in [-0.2, 0) is 23.2 Å². The number of benzene rings is 1. The van der Waals surface area contributed by atoms with Crippen molar-refractivity contribution >= 4 is 23.3 Å². The van der Waals surface area contributed by atoms with Gasteiger partial charge in [0.25, 0.3) is 0 Å². The highest BCUT2D eigenvalue weighted by Gasteiger charge is 2.04. The van der Waals surface area contributed by atoms with Crippen LogP contribution in [0.4, 0.5) is 4.79 Å². The van der Waals surface area contributed by atoms with Gasteiger partial charge in [0.05, 0.1) is 0 Å². The average Bonchev–Trinajstić information content (AvgIpc) is 2.95. The van der Waals surface area contributed by atoms with Crippen LogP contribution in [0.3, 0.4) is 0 Å². The number of nitrogens with one attached hydrogen (secondary N) is 1. The normalized spacial score (nSPS) is 11.3. The number of carbonyl (C=O) groups is 2. The van der Waals surface area contributed by atoms with Gasteiger partial charge in [-0.3, -0.25) is 4.79 Å². The summed E-state index contributed by atoms with van der Waals surface area (Å²) in [6.07, 6.45) is 2.18. The Balaban J connectivity index is 1.62. The number of ether oxygens (including phenoxy) is 1. The van der Waals surface area contributed by atoms with Crippen molar-refractivity contribution in [3.63, 3.8) is 0 Å². The lowest BCUT2D eigenvalue weighted by Gasteiger charge is -2.06. The minimum Gasteiger partial charge on any atom is -0.445 e. The van der Waals surface area contributed by atoms with Gasteiger partial charge in [-0.1, -0.05) is 30.3 Å². The number of hydrogen-bond acceptors (Lipinski definition) is 4. The fraction of sp³-hybridized carbons (Fsp3) is 0.312. The van der Waals surface area contributed by atoms with Crippen LogP contribution in [0.15, 0.2) is 46.9 Å². The molecule has 23 heavy (non-hydrogen) atoms. The maximum atomic E-state index is 11.7. The maximum Gasteiger partial charge on any atom is 0.407 e. The van der Waals surface area contributed by atoms with E-state index in [0.717, 1.165) is 5.56 Å². The number of nitrogens with zero attached hydrogens (tertiary/aromatic N) is 2. The molecule has 0 spiro atoms. The molecule has 0 saturated carbocycles. The predicted octanol–water partition coefficient (Wildman–Crippen LogP) is 2.22. The second-order valence-electron chi connectivity index (χ2n) is 4.89. The summed E-state index contributed by atoms with van der Waals surface area (Å²) in [5.74, 6) is -0.192. The molecule has 0 aliphatic rings. The number of amides is 2. The Labute approximate surface area is 138 Å². The van der Waals surface area contributed by atoms with Gasteiger partial charge < -0.3 is 14.6 Å². The average molecular weight is 333 g/mol.